The van der Waals surface area contributed by atoms with Crippen LogP contribution in [-0.2, 0) is 6.42 Å². The van der Waals surface area contributed by atoms with Gasteiger partial charge in [-0.25, -0.2) is 4.39 Å². The van der Waals surface area contributed by atoms with Crippen molar-refractivity contribution in [2.45, 2.75) is 19.4 Å². The number of thiophene rings is 1. The van der Waals surface area contributed by atoms with Crippen molar-refractivity contribution in [3.05, 3.63) is 52.0 Å². The first-order chi connectivity index (χ1) is 9.20. The Labute approximate surface area is 117 Å². The summed E-state index contributed by atoms with van der Waals surface area (Å²) in [6, 6.07) is 9.32. The molecule has 0 spiro atoms. The molecule has 2 nitrogen and oxygen atoms in total. The first kappa shape index (κ1) is 14.0. The van der Waals surface area contributed by atoms with Crippen LogP contribution in [0.25, 0.3) is 0 Å². The minimum Gasteiger partial charge on any atom is -0.490 e. The minimum atomic E-state index is -0.300. The summed E-state index contributed by atoms with van der Waals surface area (Å²) >= 11 is 1.69. The average Bonchev–Trinajstić information content (AvgIpc) is 2.93. The van der Waals surface area contributed by atoms with E-state index < -0.39 is 0 Å². The Morgan fingerprint density at radius 3 is 2.84 bits per heavy atom. The van der Waals surface area contributed by atoms with Gasteiger partial charge in [-0.3, -0.25) is 0 Å². The molecule has 0 aliphatic rings. The SMILES string of the molecule is CNC(C)c1ccc(OCCc2cccs2)c(F)c1. The molecule has 1 aromatic carbocycles. The summed E-state index contributed by atoms with van der Waals surface area (Å²) < 4.78 is 19.4. The highest BCUT2D eigenvalue weighted by Crippen LogP contribution is 2.22. The van der Waals surface area contributed by atoms with E-state index in [-0.39, 0.29) is 11.9 Å². The van der Waals surface area contributed by atoms with E-state index in [4.69, 9.17) is 4.74 Å². The van der Waals surface area contributed by atoms with E-state index in [2.05, 4.69) is 11.4 Å². The maximum absolute atomic E-state index is 13.9. The molecule has 4 heteroatoms. The molecule has 2 rings (SSSR count). The third-order valence-electron chi connectivity index (χ3n) is 3.08. The van der Waals surface area contributed by atoms with Crippen LogP contribution in [0.15, 0.2) is 35.7 Å². The quantitative estimate of drug-likeness (QED) is 0.868. The van der Waals surface area contributed by atoms with Crippen LogP contribution in [0.5, 0.6) is 5.75 Å². The van der Waals surface area contributed by atoms with Crippen molar-refractivity contribution in [1.29, 1.82) is 0 Å². The van der Waals surface area contributed by atoms with Crippen LogP contribution < -0.4 is 10.1 Å². The normalized spacial score (nSPS) is 12.4. The summed E-state index contributed by atoms with van der Waals surface area (Å²) in [5, 5.41) is 5.12. The van der Waals surface area contributed by atoms with Gasteiger partial charge in [-0.15, -0.1) is 11.3 Å². The predicted molar refractivity (Wildman–Crippen MR) is 77.4 cm³/mol. The number of nitrogens with one attached hydrogen (secondary N) is 1. The van der Waals surface area contributed by atoms with Crippen molar-refractivity contribution < 1.29 is 9.13 Å². The van der Waals surface area contributed by atoms with Crippen molar-refractivity contribution in [3.63, 3.8) is 0 Å². The zero-order valence-corrected chi connectivity index (χ0v) is 12.0. The molecular weight excluding hydrogens is 261 g/mol. The van der Waals surface area contributed by atoms with Gasteiger partial charge in [0, 0.05) is 17.3 Å². The fraction of sp³-hybridized carbons (Fsp3) is 0.333. The number of rotatable bonds is 6. The van der Waals surface area contributed by atoms with Gasteiger partial charge in [0.2, 0.25) is 0 Å². The summed E-state index contributed by atoms with van der Waals surface area (Å²) in [4.78, 5) is 1.25. The molecule has 1 unspecified atom stereocenters. The van der Waals surface area contributed by atoms with Crippen molar-refractivity contribution in [1.82, 2.24) is 5.32 Å². The van der Waals surface area contributed by atoms with Crippen LogP contribution in [0.3, 0.4) is 0 Å². The number of hydrogen-bond acceptors (Lipinski definition) is 3. The van der Waals surface area contributed by atoms with E-state index >= 15 is 0 Å². The third-order valence-corrected chi connectivity index (χ3v) is 4.01. The van der Waals surface area contributed by atoms with Crippen LogP contribution in [0.4, 0.5) is 4.39 Å². The first-order valence-corrected chi connectivity index (χ1v) is 7.20. The lowest BCUT2D eigenvalue weighted by molar-refractivity contribution is 0.306. The van der Waals surface area contributed by atoms with E-state index in [1.54, 1.807) is 17.4 Å². The van der Waals surface area contributed by atoms with Crippen molar-refractivity contribution in [2.24, 2.45) is 0 Å². The van der Waals surface area contributed by atoms with E-state index in [1.807, 2.05) is 31.5 Å². The molecule has 1 atom stereocenters. The van der Waals surface area contributed by atoms with Crippen LogP contribution in [0.1, 0.15) is 23.4 Å². The average molecular weight is 279 g/mol. The van der Waals surface area contributed by atoms with E-state index in [1.165, 1.54) is 10.9 Å². The van der Waals surface area contributed by atoms with E-state index in [9.17, 15) is 4.39 Å². The monoisotopic (exact) mass is 279 g/mol. The fourth-order valence-corrected chi connectivity index (χ4v) is 2.48. The molecule has 102 valence electrons. The molecule has 0 saturated heterocycles. The molecule has 0 aliphatic heterocycles. The molecule has 2 aromatic rings. The zero-order chi connectivity index (χ0) is 13.7. The van der Waals surface area contributed by atoms with Gasteiger partial charge in [0.25, 0.3) is 0 Å². The lowest BCUT2D eigenvalue weighted by atomic mass is 10.1. The Hall–Kier alpha value is -1.39. The summed E-state index contributed by atoms with van der Waals surface area (Å²) in [5.41, 5.74) is 0.922. The zero-order valence-electron chi connectivity index (χ0n) is 11.2. The van der Waals surface area contributed by atoms with Gasteiger partial charge in [-0.05, 0) is 43.1 Å². The van der Waals surface area contributed by atoms with Crippen molar-refractivity contribution >= 4 is 11.3 Å². The summed E-state index contributed by atoms with van der Waals surface area (Å²) in [7, 11) is 1.86. The molecule has 1 N–H and O–H groups in total. The van der Waals surface area contributed by atoms with Crippen LogP contribution in [-0.4, -0.2) is 13.7 Å². The van der Waals surface area contributed by atoms with Gasteiger partial charge >= 0.3 is 0 Å². The van der Waals surface area contributed by atoms with Crippen LogP contribution in [0, 0.1) is 5.82 Å². The molecule has 1 heterocycles. The molecule has 0 fully saturated rings. The largest absolute Gasteiger partial charge is 0.490 e. The Morgan fingerprint density at radius 2 is 2.21 bits per heavy atom. The van der Waals surface area contributed by atoms with Gasteiger partial charge in [-0.2, -0.15) is 0 Å². The molecular formula is C15H18FNOS. The summed E-state index contributed by atoms with van der Waals surface area (Å²) in [6.07, 6.45) is 0.811. The number of benzene rings is 1. The smallest absolute Gasteiger partial charge is 0.165 e. The predicted octanol–water partition coefficient (Wildman–Crippen LogP) is 3.79. The van der Waals surface area contributed by atoms with E-state index in [0.717, 1.165) is 12.0 Å². The minimum absolute atomic E-state index is 0.134. The topological polar surface area (TPSA) is 21.3 Å². The Bertz CT molecular complexity index is 513. The number of hydrogen-bond donors (Lipinski definition) is 1. The third kappa shape index (κ3) is 3.78. The molecule has 0 aliphatic carbocycles. The maximum atomic E-state index is 13.9. The lowest BCUT2D eigenvalue weighted by Gasteiger charge is -2.12. The highest BCUT2D eigenvalue weighted by molar-refractivity contribution is 7.09. The molecule has 1 aromatic heterocycles. The Kier molecular flexibility index (Phi) is 4.93. The molecule has 0 saturated carbocycles. The second kappa shape index (κ2) is 6.68. The second-order valence-electron chi connectivity index (χ2n) is 4.38. The summed E-state index contributed by atoms with van der Waals surface area (Å²) in [6.45, 7) is 2.49. The maximum Gasteiger partial charge on any atom is 0.165 e. The Balaban J connectivity index is 1.93. The highest BCUT2D eigenvalue weighted by Gasteiger charge is 2.08. The van der Waals surface area contributed by atoms with Crippen molar-refractivity contribution in [3.8, 4) is 5.75 Å². The van der Waals surface area contributed by atoms with Crippen molar-refractivity contribution in [2.75, 3.05) is 13.7 Å². The highest BCUT2D eigenvalue weighted by atomic mass is 32.1. The van der Waals surface area contributed by atoms with Crippen LogP contribution in [0.2, 0.25) is 0 Å². The van der Waals surface area contributed by atoms with Crippen LogP contribution >= 0.6 is 11.3 Å². The van der Waals surface area contributed by atoms with Gasteiger partial charge in [0.05, 0.1) is 6.61 Å². The molecule has 19 heavy (non-hydrogen) atoms. The van der Waals surface area contributed by atoms with Gasteiger partial charge in [-0.1, -0.05) is 12.1 Å². The van der Waals surface area contributed by atoms with Gasteiger partial charge in [0.15, 0.2) is 11.6 Å². The fourth-order valence-electron chi connectivity index (χ4n) is 1.79. The standard InChI is InChI=1S/C15H18FNOS/c1-11(17-2)12-5-6-15(14(16)10-12)18-8-7-13-4-3-9-19-13/h3-6,9-11,17H,7-8H2,1-2H3. The number of ether oxygens (including phenoxy) is 1. The lowest BCUT2D eigenvalue weighted by Crippen LogP contribution is -2.12. The van der Waals surface area contributed by atoms with Gasteiger partial charge in [0.1, 0.15) is 0 Å². The second-order valence-corrected chi connectivity index (χ2v) is 5.41. The number of halogens is 1. The molecule has 0 bridgehead atoms. The first-order valence-electron chi connectivity index (χ1n) is 6.32. The Morgan fingerprint density at radius 1 is 1.37 bits per heavy atom. The summed E-state index contributed by atoms with van der Waals surface area (Å²) in [5.74, 6) is 0.0226. The van der Waals surface area contributed by atoms with Gasteiger partial charge < -0.3 is 10.1 Å². The van der Waals surface area contributed by atoms with E-state index in [0.29, 0.717) is 12.4 Å². The molecule has 0 radical (unpaired) electrons. The molecule has 0 amide bonds.